The number of nitrogens with zero attached hydrogens (tertiary/aromatic N) is 2. The summed E-state index contributed by atoms with van der Waals surface area (Å²) in [4.78, 5) is 0. The molecule has 0 N–H and O–H groups in total. The van der Waals surface area contributed by atoms with E-state index in [9.17, 15) is 0 Å². The van der Waals surface area contributed by atoms with Crippen molar-refractivity contribution in [3.05, 3.63) is 70.2 Å². The molecule has 2 rings (SSSR count). The highest BCUT2D eigenvalue weighted by molar-refractivity contribution is 9.14. The second kappa shape index (κ2) is 10.3. The summed E-state index contributed by atoms with van der Waals surface area (Å²) in [6, 6.07) is 12.1. The molecule has 0 radical (unpaired) electrons. The third-order valence-corrected chi connectivity index (χ3v) is 4.48. The van der Waals surface area contributed by atoms with Gasteiger partial charge in [0.2, 0.25) is 0 Å². The van der Waals surface area contributed by atoms with Crippen molar-refractivity contribution in [2.75, 3.05) is 0 Å². The third kappa shape index (κ3) is 6.35. The first-order valence-corrected chi connectivity index (χ1v) is 7.25. The number of pyridine rings is 2. The topological polar surface area (TPSA) is 7.76 Å². The van der Waals surface area contributed by atoms with Gasteiger partial charge in [0.05, 0.1) is 8.96 Å². The van der Waals surface area contributed by atoms with Crippen molar-refractivity contribution in [1.82, 2.24) is 0 Å². The summed E-state index contributed by atoms with van der Waals surface area (Å²) in [5, 5.41) is 0. The van der Waals surface area contributed by atoms with E-state index in [0.29, 0.717) is 0 Å². The summed E-state index contributed by atoms with van der Waals surface area (Å²) < 4.78 is 6.55. The lowest BCUT2D eigenvalue weighted by Crippen LogP contribution is -3.00. The van der Waals surface area contributed by atoms with Crippen LogP contribution in [0.2, 0.25) is 0 Å². The normalized spacial score (nSPS) is 10.9. The highest BCUT2D eigenvalue weighted by Crippen LogP contribution is 2.18. The first-order valence-electron chi connectivity index (χ1n) is 5.67. The van der Waals surface area contributed by atoms with Crippen LogP contribution in [0.3, 0.4) is 0 Å². The standard InChI is InChI=1S/C14H14Br2N2.2ClH/c15-13(11-17-7-3-1-4-8-17)14(16)12-18-9-5-2-6-10-18;;/h1-10H,11-12H2;2*1H/q+2;;/p-2/b14-13+;;. The van der Waals surface area contributed by atoms with Crippen LogP contribution >= 0.6 is 31.9 Å². The number of hydrogen-bond donors (Lipinski definition) is 0. The van der Waals surface area contributed by atoms with Crippen LogP contribution in [0, 0.1) is 0 Å². The molecule has 0 amide bonds. The summed E-state index contributed by atoms with van der Waals surface area (Å²) in [7, 11) is 0. The Balaban J connectivity index is 0.00000180. The van der Waals surface area contributed by atoms with Gasteiger partial charge in [-0.05, 0) is 31.9 Å². The predicted molar refractivity (Wildman–Crippen MR) is 78.2 cm³/mol. The predicted octanol–water partition coefficient (Wildman–Crippen LogP) is -3.03. The monoisotopic (exact) mass is 438 g/mol. The van der Waals surface area contributed by atoms with E-state index in [1.165, 1.54) is 0 Å². The zero-order valence-electron chi connectivity index (χ0n) is 10.6. The van der Waals surface area contributed by atoms with Crippen LogP contribution in [0.5, 0.6) is 0 Å². The van der Waals surface area contributed by atoms with Crippen molar-refractivity contribution in [3.63, 3.8) is 0 Å². The molecule has 0 unspecified atom stereocenters. The van der Waals surface area contributed by atoms with Gasteiger partial charge in [-0.15, -0.1) is 0 Å². The Kier molecular flexibility index (Phi) is 10.1. The van der Waals surface area contributed by atoms with Gasteiger partial charge in [-0.3, -0.25) is 0 Å². The quantitative estimate of drug-likeness (QED) is 0.447. The smallest absolute Gasteiger partial charge is 0.181 e. The van der Waals surface area contributed by atoms with Gasteiger partial charge < -0.3 is 24.8 Å². The van der Waals surface area contributed by atoms with E-state index in [1.54, 1.807) is 0 Å². The second-order valence-electron chi connectivity index (χ2n) is 3.91. The lowest BCUT2D eigenvalue weighted by atomic mass is 10.4. The van der Waals surface area contributed by atoms with Crippen LogP contribution in [-0.4, -0.2) is 0 Å². The van der Waals surface area contributed by atoms with E-state index in [2.05, 4.69) is 65.8 Å². The largest absolute Gasteiger partial charge is 1.00 e. The third-order valence-electron chi connectivity index (χ3n) is 2.49. The molecule has 0 saturated carbocycles. The Morgan fingerprint density at radius 2 is 0.900 bits per heavy atom. The van der Waals surface area contributed by atoms with Gasteiger partial charge in [-0.2, -0.15) is 0 Å². The first-order chi connectivity index (χ1) is 8.75. The molecule has 0 aromatic carbocycles. The summed E-state index contributed by atoms with van der Waals surface area (Å²) in [5.74, 6) is 0. The zero-order valence-corrected chi connectivity index (χ0v) is 15.3. The fraction of sp³-hybridized carbons (Fsp3) is 0.143. The molecule has 0 aliphatic heterocycles. The molecule has 0 bridgehead atoms. The Bertz CT molecular complexity index is 484. The van der Waals surface area contributed by atoms with E-state index in [0.717, 1.165) is 22.1 Å². The molecular formula is C14H14Br2Cl2N2. The lowest BCUT2D eigenvalue weighted by Gasteiger charge is -2.00. The van der Waals surface area contributed by atoms with Crippen molar-refractivity contribution in [3.8, 4) is 0 Å². The van der Waals surface area contributed by atoms with Gasteiger partial charge in [0.1, 0.15) is 0 Å². The van der Waals surface area contributed by atoms with E-state index in [4.69, 9.17) is 0 Å². The Morgan fingerprint density at radius 3 is 1.20 bits per heavy atom. The molecule has 6 heteroatoms. The number of halogens is 4. The molecule has 2 nitrogen and oxygen atoms in total. The maximum Gasteiger partial charge on any atom is 0.181 e. The summed E-state index contributed by atoms with van der Waals surface area (Å²) in [6.45, 7) is 1.66. The molecular weight excluding hydrogens is 427 g/mol. The van der Waals surface area contributed by atoms with Gasteiger partial charge in [-0.25, -0.2) is 9.13 Å². The summed E-state index contributed by atoms with van der Waals surface area (Å²) in [5.41, 5.74) is 0. The minimum Gasteiger partial charge on any atom is -1.00 e. The molecule has 0 aliphatic rings. The van der Waals surface area contributed by atoms with Gasteiger partial charge in [-0.1, -0.05) is 12.1 Å². The molecule has 2 aromatic heterocycles. The Hall–Kier alpha value is -0.420. The second-order valence-corrected chi connectivity index (χ2v) is 5.82. The highest BCUT2D eigenvalue weighted by atomic mass is 79.9. The maximum atomic E-state index is 3.64. The average Bonchev–Trinajstić information content (AvgIpc) is 2.41. The molecule has 0 atom stereocenters. The Morgan fingerprint density at radius 1 is 0.600 bits per heavy atom. The van der Waals surface area contributed by atoms with Crippen LogP contribution in [0.1, 0.15) is 0 Å². The molecule has 2 heterocycles. The molecule has 2 aromatic rings. The van der Waals surface area contributed by atoms with Crippen molar-refractivity contribution < 1.29 is 33.9 Å². The van der Waals surface area contributed by atoms with Crippen LogP contribution in [0.25, 0.3) is 0 Å². The SMILES string of the molecule is Br/C(C[n+]1ccccc1)=C(/Br)C[n+]1ccccc1.[Cl-].[Cl-]. The summed E-state index contributed by atoms with van der Waals surface area (Å²) in [6.07, 6.45) is 8.21. The number of hydrogen-bond acceptors (Lipinski definition) is 0. The fourth-order valence-electron chi connectivity index (χ4n) is 1.57. The maximum absolute atomic E-state index is 3.64. The number of aromatic nitrogens is 2. The van der Waals surface area contributed by atoms with Crippen molar-refractivity contribution in [2.45, 2.75) is 13.1 Å². The fourth-order valence-corrected chi connectivity index (χ4v) is 2.40. The lowest BCUT2D eigenvalue weighted by molar-refractivity contribution is -0.691. The highest BCUT2D eigenvalue weighted by Gasteiger charge is 2.10. The van der Waals surface area contributed by atoms with E-state index < -0.39 is 0 Å². The molecule has 20 heavy (non-hydrogen) atoms. The van der Waals surface area contributed by atoms with Gasteiger partial charge in [0.15, 0.2) is 37.9 Å². The molecule has 108 valence electrons. The zero-order chi connectivity index (χ0) is 12.8. The van der Waals surface area contributed by atoms with Crippen molar-refractivity contribution in [2.24, 2.45) is 0 Å². The van der Waals surface area contributed by atoms with Crippen LogP contribution in [-0.2, 0) is 13.1 Å². The molecule has 0 aliphatic carbocycles. The molecule has 0 fully saturated rings. The Labute approximate surface area is 148 Å². The first kappa shape index (κ1) is 19.6. The van der Waals surface area contributed by atoms with Crippen LogP contribution in [0.15, 0.2) is 70.2 Å². The minimum absolute atomic E-state index is 0. The van der Waals surface area contributed by atoms with Gasteiger partial charge in [0.25, 0.3) is 0 Å². The van der Waals surface area contributed by atoms with E-state index in [-0.39, 0.29) is 24.8 Å². The molecule has 0 spiro atoms. The minimum atomic E-state index is 0. The van der Waals surface area contributed by atoms with Crippen LogP contribution < -0.4 is 33.9 Å². The van der Waals surface area contributed by atoms with Gasteiger partial charge >= 0.3 is 0 Å². The van der Waals surface area contributed by atoms with Crippen molar-refractivity contribution in [1.29, 1.82) is 0 Å². The number of allylic oxidation sites excluding steroid dienone is 2. The summed E-state index contributed by atoms with van der Waals surface area (Å²) >= 11 is 7.27. The molecule has 0 saturated heterocycles. The average molecular weight is 441 g/mol. The van der Waals surface area contributed by atoms with Crippen molar-refractivity contribution >= 4 is 31.9 Å². The van der Waals surface area contributed by atoms with E-state index >= 15 is 0 Å². The van der Waals surface area contributed by atoms with Gasteiger partial charge in [0, 0.05) is 24.3 Å². The number of rotatable bonds is 4. The van der Waals surface area contributed by atoms with Crippen LogP contribution in [0.4, 0.5) is 0 Å². The van der Waals surface area contributed by atoms with E-state index in [1.807, 2.05) is 36.4 Å².